The van der Waals surface area contributed by atoms with Crippen LogP contribution in [0.4, 0.5) is 0 Å². The second-order valence-corrected chi connectivity index (χ2v) is 9.00. The Morgan fingerprint density at radius 1 is 1.21 bits per heavy atom. The third kappa shape index (κ3) is 5.37. The van der Waals surface area contributed by atoms with E-state index >= 15 is 0 Å². The van der Waals surface area contributed by atoms with E-state index in [9.17, 15) is 0 Å². The van der Waals surface area contributed by atoms with Gasteiger partial charge in [-0.15, -0.1) is 0 Å². The molecule has 4 unspecified atom stereocenters. The van der Waals surface area contributed by atoms with Crippen LogP contribution in [0.2, 0.25) is 0 Å². The van der Waals surface area contributed by atoms with Crippen LogP contribution < -0.4 is 5.32 Å². The van der Waals surface area contributed by atoms with Crippen molar-refractivity contribution in [2.45, 2.75) is 77.0 Å². The lowest BCUT2D eigenvalue weighted by Crippen LogP contribution is -2.69. The Kier molecular flexibility index (Phi) is 8.37. The molecule has 3 nitrogen and oxygen atoms in total. The molecule has 2 heterocycles. The lowest BCUT2D eigenvalue weighted by Gasteiger charge is -2.55. The maximum absolute atomic E-state index is 6.88. The fourth-order valence-electron chi connectivity index (χ4n) is 5.58. The average Bonchev–Trinajstić information content (AvgIpc) is 2.70. The van der Waals surface area contributed by atoms with Crippen molar-refractivity contribution in [3.8, 4) is 0 Å². The van der Waals surface area contributed by atoms with Crippen LogP contribution in [0.1, 0.15) is 64.4 Å². The number of nitrogens with zero attached hydrogens (tertiary/aromatic N) is 1. The zero-order chi connectivity index (χ0) is 19.8. The third-order valence-corrected chi connectivity index (χ3v) is 6.86. The molecule has 2 bridgehead atoms. The van der Waals surface area contributed by atoms with Gasteiger partial charge < -0.3 is 10.1 Å². The highest BCUT2D eigenvalue weighted by molar-refractivity contribution is 5.15. The monoisotopic (exact) mass is 385 g/mol. The first kappa shape index (κ1) is 21.8. The van der Waals surface area contributed by atoms with Gasteiger partial charge >= 0.3 is 0 Å². The summed E-state index contributed by atoms with van der Waals surface area (Å²) < 4.78 is 6.88. The highest BCUT2D eigenvalue weighted by Crippen LogP contribution is 2.41. The summed E-state index contributed by atoms with van der Waals surface area (Å²) in [5, 5.41) is 3.74. The van der Waals surface area contributed by atoms with Gasteiger partial charge in [0.1, 0.15) is 0 Å². The van der Waals surface area contributed by atoms with Gasteiger partial charge in [0.05, 0.1) is 11.7 Å². The molecule has 3 rings (SSSR count). The van der Waals surface area contributed by atoms with E-state index in [4.69, 9.17) is 4.74 Å². The van der Waals surface area contributed by atoms with Crippen LogP contribution in [0.3, 0.4) is 0 Å². The van der Waals surface area contributed by atoms with E-state index in [1.165, 1.54) is 44.1 Å². The summed E-state index contributed by atoms with van der Waals surface area (Å²) in [6.45, 7) is 14.0. The van der Waals surface area contributed by atoms with Crippen LogP contribution >= 0.6 is 0 Å². The minimum Gasteiger partial charge on any atom is -0.366 e. The number of morpholine rings is 2. The molecule has 3 heteroatoms. The van der Waals surface area contributed by atoms with Gasteiger partial charge in [-0.3, -0.25) is 4.90 Å². The Hall–Kier alpha value is -0.900. The predicted molar refractivity (Wildman–Crippen MR) is 118 cm³/mol. The molecule has 2 aliphatic heterocycles. The van der Waals surface area contributed by atoms with Crippen molar-refractivity contribution in [3.63, 3.8) is 0 Å². The van der Waals surface area contributed by atoms with E-state index in [0.29, 0.717) is 17.9 Å². The summed E-state index contributed by atoms with van der Waals surface area (Å²) >= 11 is 0. The van der Waals surface area contributed by atoms with Crippen molar-refractivity contribution < 1.29 is 4.74 Å². The highest BCUT2D eigenvalue weighted by Gasteiger charge is 2.50. The molecule has 1 aromatic rings. The molecule has 0 saturated carbocycles. The minimum atomic E-state index is -0.0421. The molecule has 0 aliphatic carbocycles. The van der Waals surface area contributed by atoms with Gasteiger partial charge in [0, 0.05) is 32.7 Å². The second kappa shape index (κ2) is 10.8. The number of benzene rings is 1. The maximum Gasteiger partial charge on any atom is 0.0968 e. The number of hydrogen-bond donors (Lipinski definition) is 1. The van der Waals surface area contributed by atoms with Crippen LogP contribution in [-0.4, -0.2) is 42.8 Å². The van der Waals surface area contributed by atoms with Crippen LogP contribution in [0.5, 0.6) is 0 Å². The Morgan fingerprint density at radius 3 is 2.75 bits per heavy atom. The second-order valence-electron chi connectivity index (χ2n) is 9.00. The Labute approximate surface area is 173 Å². The predicted octanol–water partition coefficient (Wildman–Crippen LogP) is 5.07. The summed E-state index contributed by atoms with van der Waals surface area (Å²) in [6, 6.07) is 10.9. The molecule has 1 radical (unpaired) electrons. The highest BCUT2D eigenvalue weighted by atomic mass is 16.5. The first-order valence-electron chi connectivity index (χ1n) is 11.6. The summed E-state index contributed by atoms with van der Waals surface area (Å²) in [5.74, 6) is 1.34. The number of ether oxygens (including phenoxy) is 1. The molecule has 1 N–H and O–H groups in total. The van der Waals surface area contributed by atoms with Crippen LogP contribution in [0.15, 0.2) is 30.3 Å². The van der Waals surface area contributed by atoms with E-state index in [0.717, 1.165) is 39.1 Å². The molecule has 2 fully saturated rings. The molecule has 28 heavy (non-hydrogen) atoms. The first-order chi connectivity index (χ1) is 13.7. The van der Waals surface area contributed by atoms with Gasteiger partial charge in [0.25, 0.3) is 0 Å². The van der Waals surface area contributed by atoms with E-state index < -0.39 is 0 Å². The molecular formula is C25H41N2O. The molecule has 157 valence electrons. The van der Waals surface area contributed by atoms with Gasteiger partial charge in [0.15, 0.2) is 0 Å². The van der Waals surface area contributed by atoms with Crippen LogP contribution in [0.25, 0.3) is 0 Å². The van der Waals surface area contributed by atoms with E-state index in [-0.39, 0.29) is 5.60 Å². The number of hydrogen-bond acceptors (Lipinski definition) is 3. The Morgan fingerprint density at radius 2 is 2.04 bits per heavy atom. The molecule has 2 saturated heterocycles. The van der Waals surface area contributed by atoms with Crippen molar-refractivity contribution in [2.24, 2.45) is 11.8 Å². The SMILES string of the molecule is [CH2]CCC(CC)C(CCCCC)C12CNCC(CN(Cc3ccccc3)C1)O2. The molecule has 4 atom stereocenters. The summed E-state index contributed by atoms with van der Waals surface area (Å²) in [5.41, 5.74) is 1.37. The standard InChI is InChI=1S/C25H41N2O/c1-4-7-9-15-24(22(6-3)12-5-2)25-19-26-16-23(28-25)18-27(20-25)17-21-13-10-8-11-14-21/h8,10-11,13-14,22-24,26H,2,4-7,9,12,15-20H2,1,3H3. The minimum absolute atomic E-state index is 0.0421. The zero-order valence-electron chi connectivity index (χ0n) is 18.2. The Bertz CT molecular complexity index is 563. The van der Waals surface area contributed by atoms with E-state index in [1.807, 2.05) is 0 Å². The first-order valence-corrected chi connectivity index (χ1v) is 11.6. The van der Waals surface area contributed by atoms with Gasteiger partial charge in [-0.05, 0) is 23.8 Å². The van der Waals surface area contributed by atoms with Crippen molar-refractivity contribution in [1.82, 2.24) is 10.2 Å². The van der Waals surface area contributed by atoms with E-state index in [1.54, 1.807) is 0 Å². The maximum atomic E-state index is 6.88. The van der Waals surface area contributed by atoms with Gasteiger partial charge in [-0.1, -0.05) is 89.6 Å². The van der Waals surface area contributed by atoms with Gasteiger partial charge in [-0.25, -0.2) is 0 Å². The molecule has 0 spiro atoms. The smallest absolute Gasteiger partial charge is 0.0968 e. The number of rotatable bonds is 11. The number of unbranched alkanes of at least 4 members (excludes halogenated alkanes) is 2. The zero-order valence-corrected chi connectivity index (χ0v) is 18.2. The fourth-order valence-corrected chi connectivity index (χ4v) is 5.58. The lowest BCUT2D eigenvalue weighted by molar-refractivity contribution is -0.209. The number of nitrogens with one attached hydrogen (secondary N) is 1. The van der Waals surface area contributed by atoms with Crippen molar-refractivity contribution in [1.29, 1.82) is 0 Å². The quantitative estimate of drug-likeness (QED) is 0.539. The molecule has 1 aromatic carbocycles. The third-order valence-electron chi connectivity index (χ3n) is 6.86. The lowest BCUT2D eigenvalue weighted by atomic mass is 9.70. The van der Waals surface area contributed by atoms with Gasteiger partial charge in [0.2, 0.25) is 0 Å². The normalized spacial score (nSPS) is 27.5. The molecule has 2 aliphatic rings. The topological polar surface area (TPSA) is 24.5 Å². The average molecular weight is 386 g/mol. The van der Waals surface area contributed by atoms with Crippen LogP contribution in [0, 0.1) is 18.8 Å². The Balaban J connectivity index is 1.80. The molecule has 0 aromatic heterocycles. The van der Waals surface area contributed by atoms with Crippen molar-refractivity contribution in [3.05, 3.63) is 42.8 Å². The summed E-state index contributed by atoms with van der Waals surface area (Å²) in [4.78, 5) is 2.66. The van der Waals surface area contributed by atoms with Crippen molar-refractivity contribution in [2.75, 3.05) is 26.2 Å². The molecule has 0 amide bonds. The molecular weight excluding hydrogens is 344 g/mol. The fraction of sp³-hybridized carbons (Fsp3) is 0.720. The van der Waals surface area contributed by atoms with Crippen LogP contribution in [-0.2, 0) is 11.3 Å². The largest absolute Gasteiger partial charge is 0.366 e. The summed E-state index contributed by atoms with van der Waals surface area (Å²) in [6.07, 6.45) is 9.04. The van der Waals surface area contributed by atoms with Crippen molar-refractivity contribution >= 4 is 0 Å². The van der Waals surface area contributed by atoms with E-state index in [2.05, 4.69) is 61.3 Å². The summed E-state index contributed by atoms with van der Waals surface area (Å²) in [7, 11) is 0. The number of fused-ring (bicyclic) bond motifs is 2. The van der Waals surface area contributed by atoms with Gasteiger partial charge in [-0.2, -0.15) is 0 Å².